The summed E-state index contributed by atoms with van der Waals surface area (Å²) in [7, 11) is 1.65. The fraction of sp³-hybridized carbons (Fsp3) is 0.900. The molecule has 0 aromatic carbocycles. The molecule has 1 rings (SSSR count). The maximum absolute atomic E-state index is 11.3. The van der Waals surface area contributed by atoms with Crippen molar-refractivity contribution in [2.24, 2.45) is 5.73 Å². The molecule has 0 aliphatic carbocycles. The number of hydrogen-bond acceptors (Lipinski definition) is 4. The molecule has 1 aliphatic rings. The number of morpholine rings is 1. The van der Waals surface area contributed by atoms with Gasteiger partial charge >= 0.3 is 0 Å². The normalized spacial score (nSPS) is 24.9. The summed E-state index contributed by atoms with van der Waals surface area (Å²) in [5.74, 6) is 0.0459. The third kappa shape index (κ3) is 3.77. The minimum atomic E-state index is 0.0459. The number of carbonyl (C=O) groups is 1. The predicted molar refractivity (Wildman–Crippen MR) is 58.5 cm³/mol. The van der Waals surface area contributed by atoms with Crippen LogP contribution in [0.3, 0.4) is 0 Å². The fourth-order valence-electron chi connectivity index (χ4n) is 1.85. The van der Waals surface area contributed by atoms with Crippen LogP contribution in [0.4, 0.5) is 0 Å². The van der Waals surface area contributed by atoms with Crippen molar-refractivity contribution in [2.45, 2.75) is 25.5 Å². The Kier molecular flexibility index (Phi) is 5.01. The van der Waals surface area contributed by atoms with Crippen molar-refractivity contribution in [3.8, 4) is 0 Å². The van der Waals surface area contributed by atoms with Crippen LogP contribution in [0.15, 0.2) is 0 Å². The van der Waals surface area contributed by atoms with Crippen molar-refractivity contribution >= 4 is 5.91 Å². The highest BCUT2D eigenvalue weighted by atomic mass is 16.5. The van der Waals surface area contributed by atoms with E-state index in [-0.39, 0.29) is 18.1 Å². The summed E-state index contributed by atoms with van der Waals surface area (Å²) in [4.78, 5) is 13.5. The zero-order valence-corrected chi connectivity index (χ0v) is 9.53. The van der Waals surface area contributed by atoms with Gasteiger partial charge < -0.3 is 15.8 Å². The molecule has 1 aliphatic heterocycles. The SMILES string of the molecule is CNC(=O)CC(CN)N1CCOC(C)C1. The van der Waals surface area contributed by atoms with Gasteiger partial charge in [-0.25, -0.2) is 0 Å². The lowest BCUT2D eigenvalue weighted by Gasteiger charge is -2.36. The molecule has 2 unspecified atom stereocenters. The zero-order chi connectivity index (χ0) is 11.3. The van der Waals surface area contributed by atoms with E-state index in [0.717, 1.165) is 19.7 Å². The Morgan fingerprint density at radius 2 is 2.47 bits per heavy atom. The molecular formula is C10H21N3O2. The number of rotatable bonds is 4. The van der Waals surface area contributed by atoms with Gasteiger partial charge in [-0.1, -0.05) is 0 Å². The van der Waals surface area contributed by atoms with Crippen molar-refractivity contribution in [1.29, 1.82) is 0 Å². The molecular weight excluding hydrogens is 194 g/mol. The van der Waals surface area contributed by atoms with Crippen LogP contribution >= 0.6 is 0 Å². The summed E-state index contributed by atoms with van der Waals surface area (Å²) in [5.41, 5.74) is 5.69. The van der Waals surface area contributed by atoms with Crippen LogP contribution in [0.25, 0.3) is 0 Å². The third-order valence-corrected chi connectivity index (χ3v) is 2.76. The largest absolute Gasteiger partial charge is 0.376 e. The molecule has 0 bridgehead atoms. The minimum absolute atomic E-state index is 0.0459. The molecule has 1 saturated heterocycles. The summed E-state index contributed by atoms with van der Waals surface area (Å²) in [6.07, 6.45) is 0.706. The molecule has 0 aromatic heterocycles. The van der Waals surface area contributed by atoms with Crippen LogP contribution in [0.5, 0.6) is 0 Å². The summed E-state index contributed by atoms with van der Waals surface area (Å²) >= 11 is 0. The first-order chi connectivity index (χ1) is 7.17. The lowest BCUT2D eigenvalue weighted by Crippen LogP contribution is -2.50. The second kappa shape index (κ2) is 6.05. The minimum Gasteiger partial charge on any atom is -0.376 e. The van der Waals surface area contributed by atoms with E-state index < -0.39 is 0 Å². The van der Waals surface area contributed by atoms with Gasteiger partial charge in [0.25, 0.3) is 0 Å². The molecule has 1 fully saturated rings. The van der Waals surface area contributed by atoms with E-state index in [1.807, 2.05) is 6.92 Å². The van der Waals surface area contributed by atoms with E-state index in [4.69, 9.17) is 10.5 Å². The molecule has 2 atom stereocenters. The first-order valence-electron chi connectivity index (χ1n) is 5.43. The van der Waals surface area contributed by atoms with E-state index >= 15 is 0 Å². The number of amides is 1. The van der Waals surface area contributed by atoms with Crippen molar-refractivity contribution < 1.29 is 9.53 Å². The molecule has 0 aromatic rings. The van der Waals surface area contributed by atoms with E-state index in [1.165, 1.54) is 0 Å². The average Bonchev–Trinajstić information content (AvgIpc) is 2.25. The summed E-state index contributed by atoms with van der Waals surface area (Å²) in [6.45, 7) is 5.01. The number of nitrogens with one attached hydrogen (secondary N) is 1. The topological polar surface area (TPSA) is 67.6 Å². The molecule has 5 heteroatoms. The maximum Gasteiger partial charge on any atom is 0.221 e. The Labute approximate surface area is 90.9 Å². The summed E-state index contributed by atoms with van der Waals surface area (Å²) in [5, 5.41) is 2.63. The summed E-state index contributed by atoms with van der Waals surface area (Å²) in [6, 6.07) is 0.135. The number of hydrogen-bond donors (Lipinski definition) is 2. The van der Waals surface area contributed by atoms with Crippen molar-refractivity contribution in [3.63, 3.8) is 0 Å². The van der Waals surface area contributed by atoms with Crippen LogP contribution in [-0.2, 0) is 9.53 Å². The van der Waals surface area contributed by atoms with E-state index in [9.17, 15) is 4.79 Å². The third-order valence-electron chi connectivity index (χ3n) is 2.76. The van der Waals surface area contributed by atoms with E-state index in [0.29, 0.717) is 13.0 Å². The molecule has 5 nitrogen and oxygen atoms in total. The highest BCUT2D eigenvalue weighted by molar-refractivity contribution is 5.76. The quantitative estimate of drug-likeness (QED) is 0.642. The second-order valence-electron chi connectivity index (χ2n) is 3.94. The van der Waals surface area contributed by atoms with Gasteiger partial charge in [0.2, 0.25) is 5.91 Å². The number of nitrogens with zero attached hydrogens (tertiary/aromatic N) is 1. The van der Waals surface area contributed by atoms with Crippen LogP contribution in [0, 0.1) is 0 Å². The highest BCUT2D eigenvalue weighted by Crippen LogP contribution is 2.10. The fourth-order valence-corrected chi connectivity index (χ4v) is 1.85. The molecule has 3 N–H and O–H groups in total. The lowest BCUT2D eigenvalue weighted by molar-refractivity contribution is -0.122. The van der Waals surface area contributed by atoms with Gasteiger partial charge in [0.15, 0.2) is 0 Å². The lowest BCUT2D eigenvalue weighted by atomic mass is 10.1. The van der Waals surface area contributed by atoms with Gasteiger partial charge in [0.05, 0.1) is 12.7 Å². The van der Waals surface area contributed by atoms with Crippen LogP contribution < -0.4 is 11.1 Å². The Balaban J connectivity index is 2.45. The predicted octanol–water partition coefficient (Wildman–Crippen LogP) is -0.829. The number of nitrogens with two attached hydrogens (primary N) is 1. The first kappa shape index (κ1) is 12.4. The number of carbonyl (C=O) groups excluding carboxylic acids is 1. The second-order valence-corrected chi connectivity index (χ2v) is 3.94. The maximum atomic E-state index is 11.3. The molecule has 1 heterocycles. The summed E-state index contributed by atoms with van der Waals surface area (Å²) < 4.78 is 5.45. The number of ether oxygens (including phenoxy) is 1. The van der Waals surface area contributed by atoms with Crippen molar-refractivity contribution in [3.05, 3.63) is 0 Å². The Morgan fingerprint density at radius 3 is 3.00 bits per heavy atom. The van der Waals surface area contributed by atoms with Crippen molar-refractivity contribution in [2.75, 3.05) is 33.3 Å². The van der Waals surface area contributed by atoms with Gasteiger partial charge in [-0.2, -0.15) is 0 Å². The van der Waals surface area contributed by atoms with Crippen molar-refractivity contribution in [1.82, 2.24) is 10.2 Å². The molecule has 1 amide bonds. The monoisotopic (exact) mass is 215 g/mol. The molecule has 0 spiro atoms. The van der Waals surface area contributed by atoms with Gasteiger partial charge in [0.1, 0.15) is 0 Å². The van der Waals surface area contributed by atoms with Crippen LogP contribution in [0.1, 0.15) is 13.3 Å². The smallest absolute Gasteiger partial charge is 0.221 e. The molecule has 0 radical (unpaired) electrons. The average molecular weight is 215 g/mol. The molecule has 0 saturated carbocycles. The Bertz CT molecular complexity index is 211. The van der Waals surface area contributed by atoms with Gasteiger partial charge in [0, 0.05) is 39.1 Å². The molecule has 15 heavy (non-hydrogen) atoms. The standard InChI is InChI=1S/C10H21N3O2/c1-8-7-13(3-4-15-8)9(6-11)5-10(14)12-2/h8-9H,3-7,11H2,1-2H3,(H,12,14). The van der Waals surface area contributed by atoms with Gasteiger partial charge in [-0.05, 0) is 6.92 Å². The van der Waals surface area contributed by atoms with E-state index in [2.05, 4.69) is 10.2 Å². The highest BCUT2D eigenvalue weighted by Gasteiger charge is 2.24. The Morgan fingerprint density at radius 1 is 1.73 bits per heavy atom. The zero-order valence-electron chi connectivity index (χ0n) is 9.53. The molecule has 88 valence electrons. The Hall–Kier alpha value is -0.650. The van der Waals surface area contributed by atoms with Gasteiger partial charge in [-0.3, -0.25) is 9.69 Å². The first-order valence-corrected chi connectivity index (χ1v) is 5.43. The van der Waals surface area contributed by atoms with Gasteiger partial charge in [-0.15, -0.1) is 0 Å². The van der Waals surface area contributed by atoms with E-state index in [1.54, 1.807) is 7.05 Å². The van der Waals surface area contributed by atoms with Crippen LogP contribution in [0.2, 0.25) is 0 Å². The van der Waals surface area contributed by atoms with Crippen LogP contribution in [-0.4, -0.2) is 56.2 Å².